The first-order valence-electron chi connectivity index (χ1n) is 6.49. The van der Waals surface area contributed by atoms with Crippen molar-refractivity contribution < 1.29 is 9.59 Å². The maximum atomic E-state index is 12.2. The molecule has 2 rings (SSSR count). The van der Waals surface area contributed by atoms with E-state index in [0.717, 1.165) is 12.8 Å². The Morgan fingerprint density at radius 1 is 1.37 bits per heavy atom. The Morgan fingerprint density at radius 3 is 2.63 bits per heavy atom. The lowest BCUT2D eigenvalue weighted by molar-refractivity contribution is -0.140. The molecular formula is C12H19N5O2. The molecule has 2 amide bonds. The summed E-state index contributed by atoms with van der Waals surface area (Å²) in [6.45, 7) is 3.10. The molecule has 19 heavy (non-hydrogen) atoms. The molecule has 2 N–H and O–H groups in total. The van der Waals surface area contributed by atoms with E-state index in [1.54, 1.807) is 4.90 Å². The van der Waals surface area contributed by atoms with Gasteiger partial charge in [-0.05, 0) is 19.3 Å². The average molecular weight is 265 g/mol. The molecule has 1 fully saturated rings. The van der Waals surface area contributed by atoms with Crippen molar-refractivity contribution in [1.29, 1.82) is 0 Å². The third kappa shape index (κ3) is 2.74. The van der Waals surface area contributed by atoms with Crippen molar-refractivity contribution in [3.8, 4) is 0 Å². The zero-order valence-electron chi connectivity index (χ0n) is 11.1. The minimum Gasteiger partial charge on any atom is -0.369 e. The number of nitrogens with two attached hydrogens (primary N) is 1. The molecule has 1 unspecified atom stereocenters. The molecule has 0 spiro atoms. The monoisotopic (exact) mass is 265 g/mol. The van der Waals surface area contributed by atoms with Crippen molar-refractivity contribution in [2.75, 3.05) is 13.1 Å². The van der Waals surface area contributed by atoms with Crippen molar-refractivity contribution >= 4 is 11.8 Å². The van der Waals surface area contributed by atoms with Crippen molar-refractivity contribution in [1.82, 2.24) is 19.9 Å². The largest absolute Gasteiger partial charge is 0.369 e. The number of carbonyl (C=O) groups is 2. The molecule has 104 valence electrons. The van der Waals surface area contributed by atoms with Crippen LogP contribution >= 0.6 is 0 Å². The summed E-state index contributed by atoms with van der Waals surface area (Å²) in [5, 5.41) is 7.82. The second kappa shape index (κ2) is 5.38. The van der Waals surface area contributed by atoms with Gasteiger partial charge in [0, 0.05) is 13.1 Å². The molecule has 1 saturated heterocycles. The van der Waals surface area contributed by atoms with E-state index in [9.17, 15) is 9.59 Å². The molecule has 1 aromatic rings. The minimum atomic E-state index is -0.578. The summed E-state index contributed by atoms with van der Waals surface area (Å²) in [5.41, 5.74) is 4.93. The number of aromatic nitrogens is 3. The molecule has 1 aromatic heterocycles. The van der Waals surface area contributed by atoms with Crippen LogP contribution in [0, 0.1) is 5.41 Å². The Balaban J connectivity index is 2.04. The Morgan fingerprint density at radius 2 is 2.05 bits per heavy atom. The van der Waals surface area contributed by atoms with Gasteiger partial charge in [-0.15, -0.1) is 0 Å². The van der Waals surface area contributed by atoms with Gasteiger partial charge in [0.15, 0.2) is 0 Å². The Bertz CT molecular complexity index is 459. The van der Waals surface area contributed by atoms with Gasteiger partial charge in [-0.2, -0.15) is 15.0 Å². The van der Waals surface area contributed by atoms with Crippen LogP contribution in [0.25, 0.3) is 0 Å². The minimum absolute atomic E-state index is 0.0741. The van der Waals surface area contributed by atoms with Gasteiger partial charge in [0.2, 0.25) is 11.8 Å². The van der Waals surface area contributed by atoms with E-state index in [1.807, 2.05) is 6.92 Å². The van der Waals surface area contributed by atoms with E-state index in [-0.39, 0.29) is 18.4 Å². The highest BCUT2D eigenvalue weighted by Gasteiger charge is 2.40. The van der Waals surface area contributed by atoms with Crippen molar-refractivity contribution in [3.05, 3.63) is 12.4 Å². The fourth-order valence-electron chi connectivity index (χ4n) is 2.55. The third-order valence-electron chi connectivity index (χ3n) is 3.87. The third-order valence-corrected chi connectivity index (χ3v) is 3.87. The number of likely N-dealkylation sites (tertiary alicyclic amines) is 1. The van der Waals surface area contributed by atoms with Crippen LogP contribution in [0.4, 0.5) is 0 Å². The maximum absolute atomic E-state index is 12.2. The molecule has 0 aromatic carbocycles. The van der Waals surface area contributed by atoms with Gasteiger partial charge in [0.1, 0.15) is 6.54 Å². The normalized spacial score (nSPS) is 23.3. The quantitative estimate of drug-likeness (QED) is 0.814. The highest BCUT2D eigenvalue weighted by Crippen LogP contribution is 2.33. The van der Waals surface area contributed by atoms with Crippen LogP contribution in [0.5, 0.6) is 0 Å². The number of rotatable bonds is 4. The van der Waals surface area contributed by atoms with Gasteiger partial charge in [0.25, 0.3) is 0 Å². The van der Waals surface area contributed by atoms with E-state index >= 15 is 0 Å². The van der Waals surface area contributed by atoms with Crippen LogP contribution in [0.15, 0.2) is 12.4 Å². The first-order valence-corrected chi connectivity index (χ1v) is 6.49. The first-order chi connectivity index (χ1) is 9.07. The van der Waals surface area contributed by atoms with Gasteiger partial charge in [0.05, 0.1) is 17.8 Å². The number of hydrogen-bond donors (Lipinski definition) is 1. The smallest absolute Gasteiger partial charge is 0.246 e. The standard InChI is InChI=1S/C12H19N5O2/c1-2-12(11(13)19)4-3-7-16(9-12)10(18)8-17-14-5-6-15-17/h5-6H,2-4,7-9H2,1H3,(H2,13,19). The SMILES string of the molecule is CCC1(C(N)=O)CCCN(C(=O)Cn2nccn2)C1. The molecular weight excluding hydrogens is 246 g/mol. The summed E-state index contributed by atoms with van der Waals surface area (Å²) in [7, 11) is 0. The van der Waals surface area contributed by atoms with Crippen LogP contribution in [-0.2, 0) is 16.1 Å². The molecule has 1 aliphatic rings. The van der Waals surface area contributed by atoms with E-state index in [0.29, 0.717) is 19.5 Å². The summed E-state index contributed by atoms with van der Waals surface area (Å²) < 4.78 is 0. The predicted molar refractivity (Wildman–Crippen MR) is 67.8 cm³/mol. The Labute approximate surface area is 111 Å². The summed E-state index contributed by atoms with van der Waals surface area (Å²) in [5.74, 6) is -0.389. The molecule has 0 bridgehead atoms. The Kier molecular flexibility index (Phi) is 3.82. The van der Waals surface area contributed by atoms with Crippen molar-refractivity contribution in [3.63, 3.8) is 0 Å². The molecule has 1 atom stereocenters. The number of amides is 2. The fourth-order valence-corrected chi connectivity index (χ4v) is 2.55. The summed E-state index contributed by atoms with van der Waals surface area (Å²) in [4.78, 5) is 26.8. The van der Waals surface area contributed by atoms with E-state index in [2.05, 4.69) is 10.2 Å². The summed E-state index contributed by atoms with van der Waals surface area (Å²) in [6.07, 6.45) is 5.27. The first kappa shape index (κ1) is 13.5. The van der Waals surface area contributed by atoms with Crippen molar-refractivity contribution in [2.45, 2.75) is 32.7 Å². The highest BCUT2D eigenvalue weighted by molar-refractivity contribution is 5.83. The molecule has 0 saturated carbocycles. The average Bonchev–Trinajstić information content (AvgIpc) is 2.91. The molecule has 1 aliphatic heterocycles. The maximum Gasteiger partial charge on any atom is 0.246 e. The highest BCUT2D eigenvalue weighted by atomic mass is 16.2. The number of hydrogen-bond acceptors (Lipinski definition) is 4. The second-order valence-electron chi connectivity index (χ2n) is 4.98. The van der Waals surface area contributed by atoms with Gasteiger partial charge >= 0.3 is 0 Å². The van der Waals surface area contributed by atoms with Crippen molar-refractivity contribution in [2.24, 2.45) is 11.1 Å². The lowest BCUT2D eigenvalue weighted by Gasteiger charge is -2.40. The Hall–Kier alpha value is -1.92. The topological polar surface area (TPSA) is 94.1 Å². The molecule has 2 heterocycles. The zero-order chi connectivity index (χ0) is 13.9. The fraction of sp³-hybridized carbons (Fsp3) is 0.667. The zero-order valence-corrected chi connectivity index (χ0v) is 11.1. The second-order valence-corrected chi connectivity index (χ2v) is 4.98. The molecule has 7 nitrogen and oxygen atoms in total. The van der Waals surface area contributed by atoms with Gasteiger partial charge in [-0.25, -0.2) is 0 Å². The number of nitrogens with zero attached hydrogens (tertiary/aromatic N) is 4. The molecule has 0 radical (unpaired) electrons. The number of carbonyl (C=O) groups excluding carboxylic acids is 2. The van der Waals surface area contributed by atoms with Gasteiger partial charge in [-0.3, -0.25) is 9.59 Å². The number of primary amides is 1. The lowest BCUT2D eigenvalue weighted by atomic mass is 9.77. The summed E-state index contributed by atoms with van der Waals surface area (Å²) >= 11 is 0. The van der Waals surface area contributed by atoms with Crippen LogP contribution in [0.3, 0.4) is 0 Å². The van der Waals surface area contributed by atoms with Crippen LogP contribution in [0.2, 0.25) is 0 Å². The lowest BCUT2D eigenvalue weighted by Crippen LogP contribution is -2.52. The summed E-state index contributed by atoms with van der Waals surface area (Å²) in [6, 6.07) is 0. The van der Waals surface area contributed by atoms with Crippen LogP contribution in [-0.4, -0.2) is 44.8 Å². The van der Waals surface area contributed by atoms with E-state index in [1.165, 1.54) is 17.2 Å². The van der Waals surface area contributed by atoms with Crippen LogP contribution < -0.4 is 5.73 Å². The molecule has 7 heteroatoms. The van der Waals surface area contributed by atoms with Gasteiger partial charge < -0.3 is 10.6 Å². The van der Waals surface area contributed by atoms with Crippen LogP contribution in [0.1, 0.15) is 26.2 Å². The van der Waals surface area contributed by atoms with E-state index < -0.39 is 5.41 Å². The van der Waals surface area contributed by atoms with E-state index in [4.69, 9.17) is 5.73 Å². The number of piperidine rings is 1. The molecule has 0 aliphatic carbocycles. The predicted octanol–water partition coefficient (Wildman–Crippen LogP) is -0.218. The van der Waals surface area contributed by atoms with Gasteiger partial charge in [-0.1, -0.05) is 6.92 Å².